The summed E-state index contributed by atoms with van der Waals surface area (Å²) >= 11 is 0. The van der Waals surface area contributed by atoms with Gasteiger partial charge in [-0.15, -0.1) is 0 Å². The van der Waals surface area contributed by atoms with Gasteiger partial charge >= 0.3 is 5.97 Å². The minimum Gasteiger partial charge on any atom is -0.490 e. The molecule has 0 unspecified atom stereocenters. The van der Waals surface area contributed by atoms with E-state index in [-0.39, 0.29) is 0 Å². The second kappa shape index (κ2) is 9.92. The standard InChI is InChI=1S/C17H26O5/c1-5-10-20-14-9-8-13(17(18)19-4)15(21-11-6-2)16(14)22-12-7-3/h8-9H,5-7,10-12H2,1-4H3. The minimum atomic E-state index is -0.450. The molecular weight excluding hydrogens is 284 g/mol. The Labute approximate surface area is 132 Å². The Bertz CT molecular complexity index is 470. The van der Waals surface area contributed by atoms with Crippen molar-refractivity contribution >= 4 is 5.97 Å². The minimum absolute atomic E-state index is 0.353. The molecule has 0 saturated carbocycles. The van der Waals surface area contributed by atoms with Crippen LogP contribution < -0.4 is 14.2 Å². The molecule has 0 radical (unpaired) electrons. The van der Waals surface area contributed by atoms with Crippen molar-refractivity contribution in [2.24, 2.45) is 0 Å². The number of carbonyl (C=O) groups is 1. The van der Waals surface area contributed by atoms with Crippen LogP contribution in [0.4, 0.5) is 0 Å². The smallest absolute Gasteiger partial charge is 0.341 e. The maximum atomic E-state index is 12.0. The topological polar surface area (TPSA) is 54.0 Å². The molecule has 0 fully saturated rings. The van der Waals surface area contributed by atoms with E-state index in [4.69, 9.17) is 18.9 Å². The normalized spacial score (nSPS) is 10.2. The summed E-state index contributed by atoms with van der Waals surface area (Å²) in [5.41, 5.74) is 0.353. The predicted molar refractivity (Wildman–Crippen MR) is 85.1 cm³/mol. The van der Waals surface area contributed by atoms with Crippen molar-refractivity contribution in [3.8, 4) is 17.2 Å². The third-order valence-corrected chi connectivity index (χ3v) is 2.84. The van der Waals surface area contributed by atoms with Gasteiger partial charge < -0.3 is 18.9 Å². The van der Waals surface area contributed by atoms with Crippen LogP contribution in [0.5, 0.6) is 17.2 Å². The zero-order valence-corrected chi connectivity index (χ0v) is 13.9. The monoisotopic (exact) mass is 310 g/mol. The number of esters is 1. The molecule has 0 saturated heterocycles. The number of rotatable bonds is 10. The Kier molecular flexibility index (Phi) is 8.18. The van der Waals surface area contributed by atoms with Crippen LogP contribution in [0, 0.1) is 0 Å². The molecule has 5 nitrogen and oxygen atoms in total. The average Bonchev–Trinajstić information content (AvgIpc) is 2.55. The lowest BCUT2D eigenvalue weighted by Gasteiger charge is -2.18. The summed E-state index contributed by atoms with van der Waals surface area (Å²) in [4.78, 5) is 12.0. The number of ether oxygens (including phenoxy) is 4. The third kappa shape index (κ3) is 4.83. The van der Waals surface area contributed by atoms with E-state index >= 15 is 0 Å². The maximum Gasteiger partial charge on any atom is 0.341 e. The van der Waals surface area contributed by atoms with Crippen LogP contribution in [0.2, 0.25) is 0 Å². The van der Waals surface area contributed by atoms with E-state index in [1.54, 1.807) is 12.1 Å². The summed E-state index contributed by atoms with van der Waals surface area (Å²) in [6, 6.07) is 3.38. The lowest BCUT2D eigenvalue weighted by atomic mass is 10.1. The molecule has 5 heteroatoms. The highest BCUT2D eigenvalue weighted by Crippen LogP contribution is 2.41. The molecule has 1 rings (SSSR count). The fraction of sp³-hybridized carbons (Fsp3) is 0.588. The van der Waals surface area contributed by atoms with Crippen LogP contribution in [0.3, 0.4) is 0 Å². The lowest BCUT2D eigenvalue weighted by Crippen LogP contribution is -2.10. The van der Waals surface area contributed by atoms with Crippen LogP contribution in [0.25, 0.3) is 0 Å². The second-order valence-corrected chi connectivity index (χ2v) is 4.81. The molecule has 0 aliphatic rings. The average molecular weight is 310 g/mol. The van der Waals surface area contributed by atoms with Crippen LogP contribution in [-0.4, -0.2) is 32.9 Å². The van der Waals surface area contributed by atoms with Crippen LogP contribution in [0.15, 0.2) is 12.1 Å². The first-order chi connectivity index (χ1) is 10.7. The second-order valence-electron chi connectivity index (χ2n) is 4.81. The molecule has 0 heterocycles. The highest BCUT2D eigenvalue weighted by Gasteiger charge is 2.22. The van der Waals surface area contributed by atoms with Gasteiger partial charge in [-0.1, -0.05) is 20.8 Å². The molecular formula is C17H26O5. The van der Waals surface area contributed by atoms with Crippen LogP contribution in [-0.2, 0) is 4.74 Å². The molecule has 0 spiro atoms. The van der Waals surface area contributed by atoms with Gasteiger partial charge in [-0.2, -0.15) is 0 Å². The largest absolute Gasteiger partial charge is 0.490 e. The third-order valence-electron chi connectivity index (χ3n) is 2.84. The van der Waals surface area contributed by atoms with Crippen molar-refractivity contribution < 1.29 is 23.7 Å². The number of hydrogen-bond donors (Lipinski definition) is 0. The van der Waals surface area contributed by atoms with Crippen molar-refractivity contribution in [3.05, 3.63) is 17.7 Å². The molecule has 0 aliphatic carbocycles. The van der Waals surface area contributed by atoms with Gasteiger partial charge in [-0.3, -0.25) is 0 Å². The van der Waals surface area contributed by atoms with Crippen molar-refractivity contribution in [3.63, 3.8) is 0 Å². The summed E-state index contributed by atoms with van der Waals surface area (Å²) in [7, 11) is 1.35. The van der Waals surface area contributed by atoms with Crippen molar-refractivity contribution in [1.82, 2.24) is 0 Å². The Morgan fingerprint density at radius 2 is 1.41 bits per heavy atom. The van der Waals surface area contributed by atoms with Crippen molar-refractivity contribution in [2.75, 3.05) is 26.9 Å². The van der Waals surface area contributed by atoms with E-state index in [1.807, 2.05) is 20.8 Å². The quantitative estimate of drug-likeness (QED) is 0.615. The van der Waals surface area contributed by atoms with E-state index in [0.717, 1.165) is 19.3 Å². The van der Waals surface area contributed by atoms with E-state index in [2.05, 4.69) is 0 Å². The van der Waals surface area contributed by atoms with E-state index < -0.39 is 5.97 Å². The Hall–Kier alpha value is -1.91. The summed E-state index contributed by atoms with van der Waals surface area (Å²) < 4.78 is 22.1. The zero-order valence-electron chi connectivity index (χ0n) is 13.9. The van der Waals surface area contributed by atoms with Gasteiger partial charge in [0.1, 0.15) is 5.56 Å². The number of hydrogen-bond acceptors (Lipinski definition) is 5. The highest BCUT2D eigenvalue weighted by molar-refractivity contribution is 5.94. The number of carbonyl (C=O) groups excluding carboxylic acids is 1. The van der Waals surface area contributed by atoms with E-state index in [1.165, 1.54) is 7.11 Å². The van der Waals surface area contributed by atoms with Gasteiger partial charge in [0.15, 0.2) is 11.5 Å². The number of methoxy groups -OCH3 is 1. The summed E-state index contributed by atoms with van der Waals surface area (Å²) in [6.07, 6.45) is 2.56. The Balaban J connectivity index is 3.26. The van der Waals surface area contributed by atoms with Crippen molar-refractivity contribution in [2.45, 2.75) is 40.0 Å². The summed E-state index contributed by atoms with van der Waals surface area (Å²) in [6.45, 7) is 7.64. The van der Waals surface area contributed by atoms with E-state index in [0.29, 0.717) is 42.6 Å². The Morgan fingerprint density at radius 1 is 0.864 bits per heavy atom. The lowest BCUT2D eigenvalue weighted by molar-refractivity contribution is 0.0594. The molecule has 0 amide bonds. The first kappa shape index (κ1) is 18.1. The van der Waals surface area contributed by atoms with Gasteiger partial charge in [0.25, 0.3) is 0 Å². The fourth-order valence-electron chi connectivity index (χ4n) is 1.83. The molecule has 0 aromatic heterocycles. The fourth-order valence-corrected chi connectivity index (χ4v) is 1.83. The van der Waals surface area contributed by atoms with Crippen molar-refractivity contribution in [1.29, 1.82) is 0 Å². The molecule has 22 heavy (non-hydrogen) atoms. The molecule has 1 aromatic rings. The molecule has 1 aromatic carbocycles. The first-order valence-corrected chi connectivity index (χ1v) is 7.83. The predicted octanol–water partition coefficient (Wildman–Crippen LogP) is 3.84. The molecule has 0 bridgehead atoms. The zero-order chi connectivity index (χ0) is 16.4. The van der Waals surface area contributed by atoms with Crippen LogP contribution in [0.1, 0.15) is 50.4 Å². The van der Waals surface area contributed by atoms with Crippen LogP contribution >= 0.6 is 0 Å². The molecule has 0 aliphatic heterocycles. The summed E-state index contributed by atoms with van der Waals surface area (Å²) in [5, 5.41) is 0. The van der Waals surface area contributed by atoms with Gasteiger partial charge in [-0.25, -0.2) is 4.79 Å². The molecule has 0 N–H and O–H groups in total. The molecule has 124 valence electrons. The van der Waals surface area contributed by atoms with Gasteiger partial charge in [0.2, 0.25) is 5.75 Å². The SMILES string of the molecule is CCCOc1ccc(C(=O)OC)c(OCCC)c1OCCC. The van der Waals surface area contributed by atoms with E-state index in [9.17, 15) is 4.79 Å². The van der Waals surface area contributed by atoms with Gasteiger partial charge in [-0.05, 0) is 31.4 Å². The van der Waals surface area contributed by atoms with Gasteiger partial charge in [0, 0.05) is 0 Å². The maximum absolute atomic E-state index is 12.0. The summed E-state index contributed by atoms with van der Waals surface area (Å²) in [5.74, 6) is 1.02. The first-order valence-electron chi connectivity index (χ1n) is 7.83. The highest BCUT2D eigenvalue weighted by atomic mass is 16.5. The molecule has 0 atom stereocenters. The number of benzene rings is 1. The van der Waals surface area contributed by atoms with Gasteiger partial charge in [0.05, 0.1) is 26.9 Å². The Morgan fingerprint density at radius 3 is 1.95 bits per heavy atom.